The van der Waals surface area contributed by atoms with Gasteiger partial charge in [0, 0.05) is 23.2 Å². The van der Waals surface area contributed by atoms with Crippen molar-refractivity contribution in [1.82, 2.24) is 10.2 Å². The predicted octanol–water partition coefficient (Wildman–Crippen LogP) is 7.27. The Kier molecular flexibility index (Phi) is 9.95. The molecule has 3 aromatic rings. The molecule has 0 spiro atoms. The second kappa shape index (κ2) is 13.4. The predicted molar refractivity (Wildman–Crippen MR) is 132 cm³/mol. The van der Waals surface area contributed by atoms with Crippen molar-refractivity contribution in [2.45, 2.75) is 71.1 Å². The minimum Gasteiger partial charge on any atom is -0.497 e. The topological polar surface area (TPSA) is 77.2 Å². The standard InChI is InChI=1S/C27H35N3O3/c1-3-4-5-6-7-8-9-10-11-12-25(31)28-23-17-13-21(14-18-23)26-29-30-27(33-26)22-15-19-24(32-2)20-16-22/h13-20H,3-12H2,1-2H3,(H,28,31). The largest absolute Gasteiger partial charge is 0.497 e. The molecule has 0 saturated carbocycles. The average molecular weight is 450 g/mol. The maximum atomic E-state index is 12.2. The number of carbonyl (C=O) groups excluding carboxylic acids is 1. The van der Waals surface area contributed by atoms with E-state index in [9.17, 15) is 4.79 Å². The summed E-state index contributed by atoms with van der Waals surface area (Å²) >= 11 is 0. The van der Waals surface area contributed by atoms with Gasteiger partial charge < -0.3 is 14.5 Å². The van der Waals surface area contributed by atoms with E-state index in [4.69, 9.17) is 9.15 Å². The fraction of sp³-hybridized carbons (Fsp3) is 0.444. The number of unbranched alkanes of at least 4 members (excludes halogenated alkanes) is 8. The minimum atomic E-state index is 0.0604. The number of nitrogens with zero attached hydrogens (tertiary/aromatic N) is 2. The molecule has 0 aliphatic heterocycles. The lowest BCUT2D eigenvalue weighted by Crippen LogP contribution is -2.10. The van der Waals surface area contributed by atoms with Crippen LogP contribution in [0.4, 0.5) is 5.69 Å². The van der Waals surface area contributed by atoms with Gasteiger partial charge in [-0.3, -0.25) is 4.79 Å². The van der Waals surface area contributed by atoms with Gasteiger partial charge in [-0.15, -0.1) is 10.2 Å². The van der Waals surface area contributed by atoms with E-state index in [0.29, 0.717) is 18.2 Å². The van der Waals surface area contributed by atoms with Crippen molar-refractivity contribution in [3.63, 3.8) is 0 Å². The minimum absolute atomic E-state index is 0.0604. The number of benzene rings is 2. The SMILES string of the molecule is CCCCCCCCCCCC(=O)Nc1ccc(-c2nnc(-c3ccc(OC)cc3)o2)cc1. The fourth-order valence-corrected chi connectivity index (χ4v) is 3.71. The quantitative estimate of drug-likeness (QED) is 0.262. The highest BCUT2D eigenvalue weighted by atomic mass is 16.5. The Labute approximate surface area is 196 Å². The highest BCUT2D eigenvalue weighted by Crippen LogP contribution is 2.26. The first-order chi connectivity index (χ1) is 16.2. The molecule has 176 valence electrons. The molecule has 0 saturated heterocycles. The lowest BCUT2D eigenvalue weighted by atomic mass is 10.1. The summed E-state index contributed by atoms with van der Waals surface area (Å²) < 4.78 is 11.0. The Balaban J connectivity index is 1.40. The molecule has 0 aliphatic rings. The summed E-state index contributed by atoms with van der Waals surface area (Å²) in [7, 11) is 1.63. The van der Waals surface area contributed by atoms with Crippen LogP contribution in [0.1, 0.15) is 71.1 Å². The normalized spacial score (nSPS) is 10.8. The number of rotatable bonds is 14. The molecule has 6 nitrogen and oxygen atoms in total. The molecule has 0 fully saturated rings. The second-order valence-corrected chi connectivity index (χ2v) is 8.34. The highest BCUT2D eigenvalue weighted by molar-refractivity contribution is 5.90. The van der Waals surface area contributed by atoms with E-state index in [0.717, 1.165) is 35.4 Å². The van der Waals surface area contributed by atoms with Gasteiger partial charge >= 0.3 is 0 Å². The van der Waals surface area contributed by atoms with Crippen molar-refractivity contribution in [1.29, 1.82) is 0 Å². The van der Waals surface area contributed by atoms with E-state index >= 15 is 0 Å². The van der Waals surface area contributed by atoms with Crippen LogP contribution in [-0.4, -0.2) is 23.2 Å². The molecule has 0 aliphatic carbocycles. The Morgan fingerprint density at radius 3 is 1.85 bits per heavy atom. The summed E-state index contributed by atoms with van der Waals surface area (Å²) in [5, 5.41) is 11.3. The fourth-order valence-electron chi connectivity index (χ4n) is 3.71. The molecule has 0 bridgehead atoms. The average Bonchev–Trinajstić information content (AvgIpc) is 3.34. The third kappa shape index (κ3) is 8.04. The number of methoxy groups -OCH3 is 1. The first-order valence-electron chi connectivity index (χ1n) is 12.1. The van der Waals surface area contributed by atoms with Gasteiger partial charge in [0.15, 0.2) is 0 Å². The summed E-state index contributed by atoms with van der Waals surface area (Å²) in [6.07, 6.45) is 11.8. The van der Waals surface area contributed by atoms with E-state index < -0.39 is 0 Å². The number of carbonyl (C=O) groups is 1. The molecule has 1 aromatic heterocycles. The van der Waals surface area contributed by atoms with Crippen LogP contribution in [0.3, 0.4) is 0 Å². The number of anilines is 1. The maximum Gasteiger partial charge on any atom is 0.248 e. The summed E-state index contributed by atoms with van der Waals surface area (Å²) in [6, 6.07) is 14.9. The summed E-state index contributed by atoms with van der Waals surface area (Å²) in [5.41, 5.74) is 2.41. The van der Waals surface area contributed by atoms with E-state index in [2.05, 4.69) is 22.4 Å². The first kappa shape index (κ1) is 24.5. The molecule has 1 N–H and O–H groups in total. The Hall–Kier alpha value is -3.15. The van der Waals surface area contributed by atoms with Crippen LogP contribution in [0.2, 0.25) is 0 Å². The Morgan fingerprint density at radius 2 is 1.30 bits per heavy atom. The van der Waals surface area contributed by atoms with Gasteiger partial charge in [-0.05, 0) is 55.0 Å². The van der Waals surface area contributed by atoms with Crippen molar-refractivity contribution < 1.29 is 13.9 Å². The highest BCUT2D eigenvalue weighted by Gasteiger charge is 2.11. The molecule has 1 heterocycles. The van der Waals surface area contributed by atoms with Gasteiger partial charge in [-0.2, -0.15) is 0 Å². The number of aromatic nitrogens is 2. The van der Waals surface area contributed by atoms with Crippen LogP contribution in [0.5, 0.6) is 5.75 Å². The summed E-state index contributed by atoms with van der Waals surface area (Å²) in [6.45, 7) is 2.24. The van der Waals surface area contributed by atoms with E-state index in [1.807, 2.05) is 48.5 Å². The summed E-state index contributed by atoms with van der Waals surface area (Å²) in [5.74, 6) is 1.72. The van der Waals surface area contributed by atoms with E-state index in [1.165, 1.54) is 44.9 Å². The van der Waals surface area contributed by atoms with Gasteiger partial charge in [0.1, 0.15) is 5.75 Å². The van der Waals surface area contributed by atoms with Crippen LogP contribution in [0, 0.1) is 0 Å². The summed E-state index contributed by atoms with van der Waals surface area (Å²) in [4.78, 5) is 12.2. The van der Waals surface area contributed by atoms with Crippen molar-refractivity contribution in [2.75, 3.05) is 12.4 Å². The van der Waals surface area contributed by atoms with Crippen LogP contribution in [0.25, 0.3) is 22.9 Å². The molecule has 0 atom stereocenters. The molecule has 3 rings (SSSR count). The zero-order valence-electron chi connectivity index (χ0n) is 19.8. The number of ether oxygens (including phenoxy) is 1. The molecule has 0 radical (unpaired) electrons. The zero-order chi connectivity index (χ0) is 23.3. The van der Waals surface area contributed by atoms with Gasteiger partial charge in [0.2, 0.25) is 17.7 Å². The molecule has 1 amide bonds. The van der Waals surface area contributed by atoms with Crippen LogP contribution in [0.15, 0.2) is 52.9 Å². The Morgan fingerprint density at radius 1 is 0.788 bits per heavy atom. The number of nitrogens with one attached hydrogen (secondary N) is 1. The van der Waals surface area contributed by atoms with Crippen molar-refractivity contribution in [2.24, 2.45) is 0 Å². The monoisotopic (exact) mass is 449 g/mol. The molecule has 6 heteroatoms. The van der Waals surface area contributed by atoms with Gasteiger partial charge in [-0.1, -0.05) is 58.3 Å². The molecule has 0 unspecified atom stereocenters. The smallest absolute Gasteiger partial charge is 0.248 e. The first-order valence-corrected chi connectivity index (χ1v) is 12.1. The van der Waals surface area contributed by atoms with Crippen LogP contribution in [-0.2, 0) is 4.79 Å². The molecular weight excluding hydrogens is 414 g/mol. The van der Waals surface area contributed by atoms with Crippen LogP contribution < -0.4 is 10.1 Å². The van der Waals surface area contributed by atoms with E-state index in [-0.39, 0.29) is 5.91 Å². The van der Waals surface area contributed by atoms with Crippen molar-refractivity contribution in [3.8, 4) is 28.7 Å². The molecular formula is C27H35N3O3. The lowest BCUT2D eigenvalue weighted by Gasteiger charge is -2.06. The van der Waals surface area contributed by atoms with Crippen LogP contribution >= 0.6 is 0 Å². The third-order valence-corrected chi connectivity index (χ3v) is 5.68. The molecule has 33 heavy (non-hydrogen) atoms. The lowest BCUT2D eigenvalue weighted by molar-refractivity contribution is -0.116. The number of hydrogen-bond acceptors (Lipinski definition) is 5. The van der Waals surface area contributed by atoms with Crippen molar-refractivity contribution in [3.05, 3.63) is 48.5 Å². The molecule has 2 aromatic carbocycles. The van der Waals surface area contributed by atoms with Crippen molar-refractivity contribution >= 4 is 11.6 Å². The third-order valence-electron chi connectivity index (χ3n) is 5.68. The number of amides is 1. The maximum absolute atomic E-state index is 12.2. The second-order valence-electron chi connectivity index (χ2n) is 8.34. The number of hydrogen-bond donors (Lipinski definition) is 1. The van der Waals surface area contributed by atoms with E-state index in [1.54, 1.807) is 7.11 Å². The Bertz CT molecular complexity index is 965. The van der Waals surface area contributed by atoms with Gasteiger partial charge in [0.25, 0.3) is 0 Å². The van der Waals surface area contributed by atoms with Gasteiger partial charge in [0.05, 0.1) is 7.11 Å². The van der Waals surface area contributed by atoms with Gasteiger partial charge in [-0.25, -0.2) is 0 Å². The zero-order valence-corrected chi connectivity index (χ0v) is 19.8.